The van der Waals surface area contributed by atoms with Gasteiger partial charge in [-0.25, -0.2) is 0 Å². The zero-order valence-corrected chi connectivity index (χ0v) is 13.8. The summed E-state index contributed by atoms with van der Waals surface area (Å²) in [6.45, 7) is 4.37. The van der Waals surface area contributed by atoms with Crippen molar-refractivity contribution in [2.24, 2.45) is 0 Å². The lowest BCUT2D eigenvalue weighted by Crippen LogP contribution is -2.19. The number of halogens is 1. The van der Waals surface area contributed by atoms with E-state index in [0.717, 1.165) is 21.3 Å². The van der Waals surface area contributed by atoms with E-state index in [1.807, 2.05) is 18.2 Å². The number of ether oxygens (including phenoxy) is 1. The molecule has 3 heteroatoms. The zero-order chi connectivity index (χ0) is 15.0. The Bertz CT molecular complexity index is 634. The maximum absolute atomic E-state index is 10.4. The van der Waals surface area contributed by atoms with Crippen LogP contribution in [0.1, 0.15) is 55.1 Å². The van der Waals surface area contributed by atoms with Crippen LogP contribution in [0.5, 0.6) is 5.75 Å². The van der Waals surface area contributed by atoms with Gasteiger partial charge in [0.15, 0.2) is 0 Å². The van der Waals surface area contributed by atoms with Crippen LogP contribution in [-0.4, -0.2) is 5.11 Å². The summed E-state index contributed by atoms with van der Waals surface area (Å²) in [6.07, 6.45) is 0.0145. The lowest BCUT2D eigenvalue weighted by atomic mass is 9.93. The molecule has 2 unspecified atom stereocenters. The first-order chi connectivity index (χ1) is 10.0. The van der Waals surface area contributed by atoms with Gasteiger partial charge in [-0.05, 0) is 35.2 Å². The van der Waals surface area contributed by atoms with Crippen LogP contribution >= 0.6 is 15.9 Å². The summed E-state index contributed by atoms with van der Waals surface area (Å²) in [7, 11) is 0. The molecule has 110 valence electrons. The van der Waals surface area contributed by atoms with Crippen molar-refractivity contribution in [3.05, 3.63) is 63.6 Å². The topological polar surface area (TPSA) is 29.5 Å². The molecule has 2 atom stereocenters. The van der Waals surface area contributed by atoms with Crippen molar-refractivity contribution in [3.8, 4) is 5.75 Å². The van der Waals surface area contributed by atoms with Crippen molar-refractivity contribution in [1.82, 2.24) is 0 Å². The number of hydrogen-bond acceptors (Lipinski definition) is 2. The number of aliphatic hydroxyl groups excluding tert-OH is 1. The van der Waals surface area contributed by atoms with Crippen LogP contribution in [0.25, 0.3) is 0 Å². The average molecular weight is 347 g/mol. The fourth-order valence-electron chi connectivity index (χ4n) is 2.72. The monoisotopic (exact) mass is 346 g/mol. The molecule has 21 heavy (non-hydrogen) atoms. The minimum absolute atomic E-state index is 0.0881. The van der Waals surface area contributed by atoms with Crippen LogP contribution in [0.4, 0.5) is 0 Å². The second kappa shape index (κ2) is 5.82. The molecule has 0 aromatic heterocycles. The molecule has 1 heterocycles. The second-order valence-electron chi connectivity index (χ2n) is 5.86. The summed E-state index contributed by atoms with van der Waals surface area (Å²) in [5.74, 6) is 1.30. The predicted octanol–water partition coefficient (Wildman–Crippen LogP) is 5.13. The van der Waals surface area contributed by atoms with Gasteiger partial charge in [-0.3, -0.25) is 0 Å². The lowest BCUT2D eigenvalue weighted by molar-refractivity contribution is 0.0657. The molecule has 2 aromatic carbocycles. The maximum atomic E-state index is 10.4. The van der Waals surface area contributed by atoms with E-state index in [2.05, 4.69) is 54.0 Å². The van der Waals surface area contributed by atoms with Crippen LogP contribution in [0, 0.1) is 0 Å². The summed E-state index contributed by atoms with van der Waals surface area (Å²) >= 11 is 3.43. The molecule has 1 N–H and O–H groups in total. The molecule has 0 amide bonds. The third-order valence-electron chi connectivity index (χ3n) is 4.01. The van der Waals surface area contributed by atoms with Gasteiger partial charge in [-0.15, -0.1) is 0 Å². The summed E-state index contributed by atoms with van der Waals surface area (Å²) in [5.41, 5.74) is 3.30. The molecule has 2 nitrogen and oxygen atoms in total. The summed E-state index contributed by atoms with van der Waals surface area (Å²) in [5, 5.41) is 10.4. The van der Waals surface area contributed by atoms with E-state index in [-0.39, 0.29) is 6.10 Å². The van der Waals surface area contributed by atoms with Crippen molar-refractivity contribution < 1.29 is 9.84 Å². The molecule has 0 saturated heterocycles. The predicted molar refractivity (Wildman–Crippen MR) is 87.6 cm³/mol. The van der Waals surface area contributed by atoms with Gasteiger partial charge in [-0.2, -0.15) is 0 Å². The maximum Gasteiger partial charge on any atom is 0.127 e. The molecule has 1 aliphatic heterocycles. The van der Waals surface area contributed by atoms with Crippen LogP contribution in [0.3, 0.4) is 0 Å². The Labute approximate surface area is 133 Å². The standard InChI is InChI=1S/C18H19BrO2/c1-11(2)12-3-5-13(6-4-12)18-10-16(20)15-9-14(19)7-8-17(15)21-18/h3-9,11,16,18,20H,10H2,1-2H3. The van der Waals surface area contributed by atoms with Gasteiger partial charge in [0.05, 0.1) is 6.10 Å². The van der Waals surface area contributed by atoms with E-state index < -0.39 is 6.10 Å². The Morgan fingerprint density at radius 3 is 2.52 bits per heavy atom. The van der Waals surface area contributed by atoms with Gasteiger partial charge >= 0.3 is 0 Å². The van der Waals surface area contributed by atoms with Crippen LogP contribution < -0.4 is 4.74 Å². The van der Waals surface area contributed by atoms with Crippen LogP contribution in [-0.2, 0) is 0 Å². The summed E-state index contributed by atoms with van der Waals surface area (Å²) in [4.78, 5) is 0. The largest absolute Gasteiger partial charge is 0.485 e. The fourth-order valence-corrected chi connectivity index (χ4v) is 3.10. The van der Waals surface area contributed by atoms with Gasteiger partial charge in [0.2, 0.25) is 0 Å². The average Bonchev–Trinajstić information content (AvgIpc) is 2.48. The van der Waals surface area contributed by atoms with Crippen molar-refractivity contribution in [2.45, 2.75) is 38.4 Å². The molecular formula is C18H19BrO2. The van der Waals surface area contributed by atoms with Crippen molar-refractivity contribution in [2.75, 3.05) is 0 Å². The van der Waals surface area contributed by atoms with Crippen LogP contribution in [0.15, 0.2) is 46.9 Å². The SMILES string of the molecule is CC(C)c1ccc(C2CC(O)c3cc(Br)ccc3O2)cc1. The molecule has 2 aromatic rings. The second-order valence-corrected chi connectivity index (χ2v) is 6.78. The number of rotatable bonds is 2. The first-order valence-corrected chi connectivity index (χ1v) is 8.08. The normalized spacial score (nSPS) is 21.0. The highest BCUT2D eigenvalue weighted by Crippen LogP contribution is 2.41. The molecule has 0 bridgehead atoms. The lowest BCUT2D eigenvalue weighted by Gasteiger charge is -2.30. The highest BCUT2D eigenvalue weighted by Gasteiger charge is 2.28. The zero-order valence-electron chi connectivity index (χ0n) is 12.2. The van der Waals surface area contributed by atoms with Crippen molar-refractivity contribution in [1.29, 1.82) is 0 Å². The first-order valence-electron chi connectivity index (χ1n) is 7.28. The smallest absolute Gasteiger partial charge is 0.127 e. The number of benzene rings is 2. The number of aliphatic hydroxyl groups is 1. The van der Waals surface area contributed by atoms with Gasteiger partial charge in [0, 0.05) is 16.5 Å². The molecule has 0 radical (unpaired) electrons. The Hall–Kier alpha value is -1.32. The molecule has 0 fully saturated rings. The summed E-state index contributed by atoms with van der Waals surface area (Å²) < 4.78 is 7.02. The highest BCUT2D eigenvalue weighted by molar-refractivity contribution is 9.10. The molecule has 3 rings (SSSR count). The quantitative estimate of drug-likeness (QED) is 0.816. The van der Waals surface area contributed by atoms with Gasteiger partial charge < -0.3 is 9.84 Å². The van der Waals surface area contributed by atoms with E-state index in [4.69, 9.17) is 4.74 Å². The third-order valence-corrected chi connectivity index (χ3v) is 4.51. The Morgan fingerprint density at radius 2 is 1.86 bits per heavy atom. The fraction of sp³-hybridized carbons (Fsp3) is 0.333. The van der Waals surface area contributed by atoms with Crippen molar-refractivity contribution in [3.63, 3.8) is 0 Å². The molecule has 0 spiro atoms. The molecule has 0 aliphatic carbocycles. The summed E-state index contributed by atoms with van der Waals surface area (Å²) in [6, 6.07) is 14.3. The van der Waals surface area contributed by atoms with E-state index in [1.54, 1.807) is 0 Å². The number of fused-ring (bicyclic) bond motifs is 1. The third kappa shape index (κ3) is 2.99. The Morgan fingerprint density at radius 1 is 1.14 bits per heavy atom. The molecular weight excluding hydrogens is 328 g/mol. The van der Waals surface area contributed by atoms with Crippen LogP contribution in [0.2, 0.25) is 0 Å². The van der Waals surface area contributed by atoms with Gasteiger partial charge in [-0.1, -0.05) is 54.0 Å². The molecule has 0 saturated carbocycles. The van der Waals surface area contributed by atoms with E-state index in [1.165, 1.54) is 5.56 Å². The van der Waals surface area contributed by atoms with E-state index in [0.29, 0.717) is 12.3 Å². The minimum Gasteiger partial charge on any atom is -0.485 e. The van der Waals surface area contributed by atoms with Crippen molar-refractivity contribution >= 4 is 15.9 Å². The van der Waals surface area contributed by atoms with E-state index in [9.17, 15) is 5.11 Å². The van der Waals surface area contributed by atoms with Gasteiger partial charge in [0.1, 0.15) is 11.9 Å². The Balaban J connectivity index is 1.86. The number of hydrogen-bond donors (Lipinski definition) is 1. The minimum atomic E-state index is -0.485. The first kappa shape index (κ1) is 14.6. The van der Waals surface area contributed by atoms with E-state index >= 15 is 0 Å². The molecule has 1 aliphatic rings. The van der Waals surface area contributed by atoms with Gasteiger partial charge in [0.25, 0.3) is 0 Å². The Kier molecular flexibility index (Phi) is 4.05. The highest BCUT2D eigenvalue weighted by atomic mass is 79.9.